The van der Waals surface area contributed by atoms with Crippen molar-refractivity contribution in [3.8, 4) is 0 Å². The Morgan fingerprint density at radius 1 is 1.24 bits per heavy atom. The van der Waals surface area contributed by atoms with Gasteiger partial charge in [0.15, 0.2) is 5.01 Å². The van der Waals surface area contributed by atoms with E-state index in [0.29, 0.717) is 17.7 Å². The van der Waals surface area contributed by atoms with Crippen LogP contribution in [0.3, 0.4) is 0 Å². The van der Waals surface area contributed by atoms with Gasteiger partial charge in [-0.15, -0.1) is 0 Å². The van der Waals surface area contributed by atoms with E-state index in [1.165, 1.54) is 7.11 Å². The van der Waals surface area contributed by atoms with Crippen LogP contribution in [-0.4, -0.2) is 30.5 Å². The molecule has 0 saturated heterocycles. The SMILES string of the molecule is CCOC(Br)C(=O)c1ccc(C(=O)OC)cc1. The van der Waals surface area contributed by atoms with Gasteiger partial charge in [0.25, 0.3) is 0 Å². The molecule has 0 aromatic heterocycles. The summed E-state index contributed by atoms with van der Waals surface area (Å²) in [5.41, 5.74) is 0.888. The van der Waals surface area contributed by atoms with Crippen LogP contribution in [0.2, 0.25) is 0 Å². The number of rotatable bonds is 5. The molecule has 0 radical (unpaired) electrons. The Kier molecular flexibility index (Phi) is 5.31. The van der Waals surface area contributed by atoms with Gasteiger partial charge in [-0.3, -0.25) is 4.79 Å². The van der Waals surface area contributed by atoms with E-state index in [4.69, 9.17) is 4.74 Å². The summed E-state index contributed by atoms with van der Waals surface area (Å²) in [7, 11) is 1.31. The lowest BCUT2D eigenvalue weighted by Crippen LogP contribution is -2.17. The average molecular weight is 301 g/mol. The van der Waals surface area contributed by atoms with Gasteiger partial charge in [-0.05, 0) is 35.0 Å². The highest BCUT2D eigenvalue weighted by atomic mass is 79.9. The van der Waals surface area contributed by atoms with Crippen molar-refractivity contribution in [1.82, 2.24) is 0 Å². The van der Waals surface area contributed by atoms with Crippen molar-refractivity contribution in [1.29, 1.82) is 0 Å². The maximum Gasteiger partial charge on any atom is 0.337 e. The monoisotopic (exact) mass is 300 g/mol. The van der Waals surface area contributed by atoms with Gasteiger partial charge in [0.2, 0.25) is 5.78 Å². The summed E-state index contributed by atoms with van der Waals surface area (Å²) in [6.45, 7) is 2.25. The molecular weight excluding hydrogens is 288 g/mol. The molecule has 0 saturated carbocycles. The number of esters is 1. The maximum absolute atomic E-state index is 11.8. The molecule has 0 aliphatic carbocycles. The third-order valence-electron chi connectivity index (χ3n) is 2.11. The van der Waals surface area contributed by atoms with Crippen molar-refractivity contribution in [2.24, 2.45) is 0 Å². The van der Waals surface area contributed by atoms with Gasteiger partial charge in [-0.2, -0.15) is 0 Å². The van der Waals surface area contributed by atoms with Crippen LogP contribution >= 0.6 is 15.9 Å². The number of ketones is 1. The van der Waals surface area contributed by atoms with E-state index in [9.17, 15) is 9.59 Å². The first kappa shape index (κ1) is 13.9. The van der Waals surface area contributed by atoms with Crippen molar-refractivity contribution < 1.29 is 19.1 Å². The Morgan fingerprint density at radius 2 is 1.76 bits per heavy atom. The number of ether oxygens (including phenoxy) is 2. The van der Waals surface area contributed by atoms with Gasteiger partial charge in [0.1, 0.15) is 0 Å². The first-order valence-corrected chi connectivity index (χ1v) is 6.00. The molecule has 0 N–H and O–H groups in total. The molecule has 0 aliphatic heterocycles. The zero-order valence-electron chi connectivity index (χ0n) is 9.60. The smallest absolute Gasteiger partial charge is 0.337 e. The lowest BCUT2D eigenvalue weighted by molar-refractivity contribution is 0.0600. The lowest BCUT2D eigenvalue weighted by atomic mass is 10.1. The number of halogens is 1. The van der Waals surface area contributed by atoms with Crippen LogP contribution in [0.5, 0.6) is 0 Å². The van der Waals surface area contributed by atoms with Gasteiger partial charge in [0, 0.05) is 12.2 Å². The standard InChI is InChI=1S/C12H13BrO4/c1-3-17-11(13)10(14)8-4-6-9(7-5-8)12(15)16-2/h4-7,11H,3H2,1-2H3. The molecule has 4 nitrogen and oxygen atoms in total. The molecule has 5 heteroatoms. The highest BCUT2D eigenvalue weighted by molar-refractivity contribution is 9.09. The van der Waals surface area contributed by atoms with Crippen LogP contribution in [0.15, 0.2) is 24.3 Å². The lowest BCUT2D eigenvalue weighted by Gasteiger charge is -2.08. The van der Waals surface area contributed by atoms with Gasteiger partial charge in [-0.25, -0.2) is 4.79 Å². The number of alkyl halides is 1. The minimum Gasteiger partial charge on any atom is -0.465 e. The first-order valence-electron chi connectivity index (χ1n) is 5.08. The second-order valence-corrected chi connectivity index (χ2v) is 4.04. The van der Waals surface area contributed by atoms with Crippen molar-refractivity contribution in [2.45, 2.75) is 11.9 Å². The van der Waals surface area contributed by atoms with Crippen LogP contribution in [-0.2, 0) is 9.47 Å². The van der Waals surface area contributed by atoms with Crippen LogP contribution in [0.25, 0.3) is 0 Å². The van der Waals surface area contributed by atoms with Gasteiger partial charge in [0.05, 0.1) is 12.7 Å². The Bertz CT molecular complexity index is 399. The van der Waals surface area contributed by atoms with E-state index in [2.05, 4.69) is 20.7 Å². The minimum absolute atomic E-state index is 0.178. The molecule has 0 spiro atoms. The summed E-state index contributed by atoms with van der Waals surface area (Å²) in [6.07, 6.45) is 0. The molecule has 17 heavy (non-hydrogen) atoms. The Hall–Kier alpha value is -1.20. The van der Waals surface area contributed by atoms with E-state index in [-0.39, 0.29) is 5.78 Å². The number of Topliss-reactive ketones (excluding diaryl/α,β-unsaturated/α-hetero) is 1. The third kappa shape index (κ3) is 3.64. The van der Waals surface area contributed by atoms with Crippen LogP contribution in [0, 0.1) is 0 Å². The quantitative estimate of drug-likeness (QED) is 0.476. The number of hydrogen-bond acceptors (Lipinski definition) is 4. The summed E-state index contributed by atoms with van der Waals surface area (Å²) in [4.78, 5) is 23.0. The average Bonchev–Trinajstić information content (AvgIpc) is 2.37. The largest absolute Gasteiger partial charge is 0.465 e. The van der Waals surface area contributed by atoms with E-state index in [1.54, 1.807) is 24.3 Å². The molecule has 0 heterocycles. The zero-order valence-corrected chi connectivity index (χ0v) is 11.2. The van der Waals surface area contributed by atoms with Crippen molar-refractivity contribution in [2.75, 3.05) is 13.7 Å². The Labute approximate surface area is 108 Å². The van der Waals surface area contributed by atoms with Crippen molar-refractivity contribution >= 4 is 27.7 Å². The molecule has 1 atom stereocenters. The van der Waals surface area contributed by atoms with E-state index in [0.717, 1.165) is 0 Å². The summed E-state index contributed by atoms with van der Waals surface area (Å²) in [6, 6.07) is 6.24. The number of benzene rings is 1. The topological polar surface area (TPSA) is 52.6 Å². The summed E-state index contributed by atoms with van der Waals surface area (Å²) >= 11 is 3.14. The zero-order chi connectivity index (χ0) is 12.8. The predicted octanol–water partition coefficient (Wildman–Crippen LogP) is 2.41. The molecule has 0 bridgehead atoms. The number of hydrogen-bond donors (Lipinski definition) is 0. The highest BCUT2D eigenvalue weighted by Gasteiger charge is 2.17. The second-order valence-electron chi connectivity index (χ2n) is 3.20. The summed E-state index contributed by atoms with van der Waals surface area (Å²) in [5, 5.41) is -0.656. The molecule has 1 aromatic carbocycles. The molecular formula is C12H13BrO4. The summed E-state index contributed by atoms with van der Waals surface area (Å²) in [5.74, 6) is -0.604. The Balaban J connectivity index is 2.80. The predicted molar refractivity (Wildman–Crippen MR) is 66.5 cm³/mol. The van der Waals surface area contributed by atoms with E-state index < -0.39 is 11.0 Å². The first-order chi connectivity index (χ1) is 8.10. The fourth-order valence-corrected chi connectivity index (χ4v) is 1.77. The van der Waals surface area contributed by atoms with Crippen molar-refractivity contribution in [3.05, 3.63) is 35.4 Å². The van der Waals surface area contributed by atoms with E-state index in [1.807, 2.05) is 6.92 Å². The summed E-state index contributed by atoms with van der Waals surface area (Å²) < 4.78 is 9.70. The highest BCUT2D eigenvalue weighted by Crippen LogP contribution is 2.13. The van der Waals surface area contributed by atoms with E-state index >= 15 is 0 Å². The molecule has 0 aliphatic rings. The molecule has 92 valence electrons. The maximum atomic E-state index is 11.8. The van der Waals surface area contributed by atoms with Gasteiger partial charge >= 0.3 is 5.97 Å². The molecule has 1 unspecified atom stereocenters. The molecule has 1 aromatic rings. The number of methoxy groups -OCH3 is 1. The minimum atomic E-state index is -0.656. The number of carbonyl (C=O) groups is 2. The normalized spacial score (nSPS) is 11.9. The molecule has 1 rings (SSSR count). The van der Waals surface area contributed by atoms with Gasteiger partial charge in [-0.1, -0.05) is 12.1 Å². The third-order valence-corrected chi connectivity index (χ3v) is 2.79. The fraction of sp³-hybridized carbons (Fsp3) is 0.333. The molecule has 0 amide bonds. The number of carbonyl (C=O) groups excluding carboxylic acids is 2. The van der Waals surface area contributed by atoms with Crippen LogP contribution in [0.4, 0.5) is 0 Å². The van der Waals surface area contributed by atoms with Crippen LogP contribution < -0.4 is 0 Å². The molecule has 0 fully saturated rings. The fourth-order valence-electron chi connectivity index (χ4n) is 1.24. The Morgan fingerprint density at radius 3 is 2.24 bits per heavy atom. The van der Waals surface area contributed by atoms with Crippen molar-refractivity contribution in [3.63, 3.8) is 0 Å². The van der Waals surface area contributed by atoms with Crippen LogP contribution in [0.1, 0.15) is 27.6 Å². The van der Waals surface area contributed by atoms with Gasteiger partial charge < -0.3 is 9.47 Å². The second kappa shape index (κ2) is 6.51.